The third kappa shape index (κ3) is 13.8. The van der Waals surface area contributed by atoms with Gasteiger partial charge in [-0.05, 0) is 78.6 Å². The highest BCUT2D eigenvalue weighted by molar-refractivity contribution is 6.92. The molecule has 0 saturated carbocycles. The SMILES string of the molecule is C[Si](C)(C)O[Si](C)(O[Si](C)(C)C)O[Si](C)(O[Si](C)(C)C)O[Si](C)(C)C. The molecule has 0 aliphatic rings. The summed E-state index contributed by atoms with van der Waals surface area (Å²) in [5.74, 6) is 0. The van der Waals surface area contributed by atoms with Gasteiger partial charge in [-0.1, -0.05) is 0 Å². The standard InChI is InChI=1S/C14H42O5Si6/c1-20(2,3)15-24(13,16-21(4,5)6)19-25(14,17-22(7,8)9)18-23(10,11)12/h1-14H3. The number of hydrogen-bond acceptors (Lipinski definition) is 5. The molecule has 0 aromatic carbocycles. The molecule has 0 atom stereocenters. The summed E-state index contributed by atoms with van der Waals surface area (Å²) in [5, 5.41) is 0. The molecule has 0 aliphatic heterocycles. The third-order valence-electron chi connectivity index (χ3n) is 2.34. The van der Waals surface area contributed by atoms with E-state index in [9.17, 15) is 0 Å². The maximum absolute atomic E-state index is 6.66. The van der Waals surface area contributed by atoms with E-state index < -0.39 is 50.9 Å². The zero-order chi connectivity index (χ0) is 20.5. The van der Waals surface area contributed by atoms with Crippen LogP contribution in [0.4, 0.5) is 0 Å². The first kappa shape index (κ1) is 26.1. The topological polar surface area (TPSA) is 46.2 Å². The molecule has 0 N–H and O–H groups in total. The van der Waals surface area contributed by atoms with Crippen LogP contribution >= 0.6 is 0 Å². The summed E-state index contributed by atoms with van der Waals surface area (Å²) in [6.45, 7) is 30.1. The Morgan fingerprint density at radius 1 is 0.280 bits per heavy atom. The highest BCUT2D eigenvalue weighted by Crippen LogP contribution is 2.29. The highest BCUT2D eigenvalue weighted by Gasteiger charge is 2.53. The van der Waals surface area contributed by atoms with Crippen molar-refractivity contribution in [2.75, 3.05) is 0 Å². The number of rotatable bonds is 10. The molecule has 0 unspecified atom stereocenters. The van der Waals surface area contributed by atoms with Gasteiger partial charge in [-0.2, -0.15) is 0 Å². The lowest BCUT2D eigenvalue weighted by atomic mass is 11.8. The molecule has 0 heterocycles. The van der Waals surface area contributed by atoms with Crippen LogP contribution in [-0.2, 0) is 20.6 Å². The predicted octanol–water partition coefficient (Wildman–Crippen LogP) is 5.55. The molecular weight excluding hydrogens is 417 g/mol. The molecule has 5 nitrogen and oxygen atoms in total. The van der Waals surface area contributed by atoms with E-state index in [0.717, 1.165) is 0 Å². The fraction of sp³-hybridized carbons (Fsp3) is 1.00. The van der Waals surface area contributed by atoms with E-state index in [0.29, 0.717) is 0 Å². The van der Waals surface area contributed by atoms with Crippen molar-refractivity contribution >= 4 is 50.9 Å². The molecule has 25 heavy (non-hydrogen) atoms. The fourth-order valence-corrected chi connectivity index (χ4v) is 26.4. The molecule has 0 aromatic heterocycles. The smallest absolute Gasteiger partial charge is 0.417 e. The Labute approximate surface area is 163 Å². The van der Waals surface area contributed by atoms with E-state index in [-0.39, 0.29) is 0 Å². The van der Waals surface area contributed by atoms with E-state index in [1.54, 1.807) is 0 Å². The predicted molar refractivity (Wildman–Crippen MR) is 122 cm³/mol. The molecule has 11 heteroatoms. The van der Waals surface area contributed by atoms with Crippen LogP contribution in [0.1, 0.15) is 0 Å². The minimum absolute atomic E-state index is 1.84. The van der Waals surface area contributed by atoms with Gasteiger partial charge in [-0.25, -0.2) is 0 Å². The summed E-state index contributed by atoms with van der Waals surface area (Å²) in [6, 6.07) is 0. The summed E-state index contributed by atoms with van der Waals surface area (Å²) in [6.07, 6.45) is 0. The fourth-order valence-electron chi connectivity index (χ4n) is 2.69. The third-order valence-corrected chi connectivity index (χ3v) is 21.0. The summed E-state index contributed by atoms with van der Waals surface area (Å²) in [7, 11) is -13.1. The molecule has 0 spiro atoms. The first-order chi connectivity index (χ1) is 10.5. The Morgan fingerprint density at radius 3 is 0.560 bits per heavy atom. The molecule has 0 fully saturated rings. The summed E-state index contributed by atoms with van der Waals surface area (Å²) in [4.78, 5) is 0. The maximum Gasteiger partial charge on any atom is 0.469 e. The zero-order valence-electron chi connectivity index (χ0n) is 19.0. The summed E-state index contributed by atoms with van der Waals surface area (Å²) in [5.41, 5.74) is 0. The number of hydrogen-bond donors (Lipinski definition) is 0. The van der Waals surface area contributed by atoms with E-state index in [2.05, 4.69) is 78.6 Å². The van der Waals surface area contributed by atoms with Crippen molar-refractivity contribution in [2.45, 2.75) is 91.7 Å². The van der Waals surface area contributed by atoms with Crippen LogP contribution in [0.15, 0.2) is 0 Å². The van der Waals surface area contributed by atoms with Crippen molar-refractivity contribution in [3.8, 4) is 0 Å². The van der Waals surface area contributed by atoms with Crippen LogP contribution in [0.25, 0.3) is 0 Å². The second-order valence-corrected chi connectivity index (χ2v) is 35.1. The molecule has 152 valence electrons. The van der Waals surface area contributed by atoms with Gasteiger partial charge < -0.3 is 20.6 Å². The zero-order valence-corrected chi connectivity index (χ0v) is 25.0. The Bertz CT molecular complexity index is 361. The second kappa shape index (κ2) is 8.23. The van der Waals surface area contributed by atoms with Gasteiger partial charge in [-0.3, -0.25) is 0 Å². The molecule has 0 amide bonds. The molecule has 0 aliphatic carbocycles. The highest BCUT2D eigenvalue weighted by atomic mass is 28.5. The van der Waals surface area contributed by atoms with Crippen molar-refractivity contribution in [3.63, 3.8) is 0 Å². The Kier molecular flexibility index (Phi) is 8.59. The minimum Gasteiger partial charge on any atom is -0.417 e. The Balaban J connectivity index is 5.79. The van der Waals surface area contributed by atoms with Crippen molar-refractivity contribution in [3.05, 3.63) is 0 Å². The van der Waals surface area contributed by atoms with Crippen molar-refractivity contribution in [1.82, 2.24) is 0 Å². The van der Waals surface area contributed by atoms with Crippen LogP contribution in [-0.4, -0.2) is 50.9 Å². The van der Waals surface area contributed by atoms with E-state index >= 15 is 0 Å². The van der Waals surface area contributed by atoms with Crippen LogP contribution in [0.2, 0.25) is 91.7 Å². The quantitative estimate of drug-likeness (QED) is 0.402. The van der Waals surface area contributed by atoms with Crippen LogP contribution < -0.4 is 0 Å². The first-order valence-electron chi connectivity index (χ1n) is 9.04. The lowest BCUT2D eigenvalue weighted by Gasteiger charge is -2.44. The lowest BCUT2D eigenvalue weighted by Crippen LogP contribution is -2.64. The van der Waals surface area contributed by atoms with E-state index in [4.69, 9.17) is 20.6 Å². The first-order valence-corrected chi connectivity index (χ1v) is 27.1. The molecular formula is C14H42O5Si6. The van der Waals surface area contributed by atoms with Gasteiger partial charge in [0, 0.05) is 13.1 Å². The van der Waals surface area contributed by atoms with E-state index in [1.165, 1.54) is 0 Å². The molecule has 0 rings (SSSR count). The molecule has 0 saturated heterocycles. The maximum atomic E-state index is 6.66. The minimum atomic E-state index is -2.88. The molecule has 0 bridgehead atoms. The Hall–Kier alpha value is 1.10. The van der Waals surface area contributed by atoms with Gasteiger partial charge in [0.2, 0.25) is 0 Å². The largest absolute Gasteiger partial charge is 0.469 e. The summed E-state index contributed by atoms with van der Waals surface area (Å²) >= 11 is 0. The molecule has 0 aromatic rings. The second-order valence-electron chi connectivity index (χ2n) is 10.7. The van der Waals surface area contributed by atoms with E-state index in [1.807, 2.05) is 13.1 Å². The monoisotopic (exact) mass is 458 g/mol. The average molecular weight is 459 g/mol. The summed E-state index contributed by atoms with van der Waals surface area (Å²) < 4.78 is 32.7. The van der Waals surface area contributed by atoms with Crippen LogP contribution in [0, 0.1) is 0 Å². The van der Waals surface area contributed by atoms with Crippen LogP contribution in [0.3, 0.4) is 0 Å². The van der Waals surface area contributed by atoms with Gasteiger partial charge in [0.1, 0.15) is 0 Å². The average Bonchev–Trinajstić information content (AvgIpc) is 1.97. The van der Waals surface area contributed by atoms with Crippen molar-refractivity contribution < 1.29 is 20.6 Å². The van der Waals surface area contributed by atoms with Gasteiger partial charge in [0.25, 0.3) is 0 Å². The van der Waals surface area contributed by atoms with Crippen LogP contribution in [0.5, 0.6) is 0 Å². The van der Waals surface area contributed by atoms with Gasteiger partial charge >= 0.3 is 17.6 Å². The molecule has 0 radical (unpaired) electrons. The van der Waals surface area contributed by atoms with Gasteiger partial charge in [0.05, 0.1) is 0 Å². The van der Waals surface area contributed by atoms with Gasteiger partial charge in [-0.15, -0.1) is 0 Å². The van der Waals surface area contributed by atoms with Gasteiger partial charge in [0.15, 0.2) is 33.3 Å². The Morgan fingerprint density at radius 2 is 0.440 bits per heavy atom. The van der Waals surface area contributed by atoms with Crippen molar-refractivity contribution in [2.24, 2.45) is 0 Å². The van der Waals surface area contributed by atoms with Crippen molar-refractivity contribution in [1.29, 1.82) is 0 Å². The normalized spacial score (nSPS) is 15.6. The lowest BCUT2D eigenvalue weighted by molar-refractivity contribution is 0.185.